The zero-order chi connectivity index (χ0) is 25.3. The first kappa shape index (κ1) is 28.9. The van der Waals surface area contributed by atoms with Crippen molar-refractivity contribution in [2.45, 2.75) is 33.8 Å². The number of carbonyl (C=O) groups excluding carboxylic acids is 3. The summed E-state index contributed by atoms with van der Waals surface area (Å²) in [5.74, 6) is 4.68. The monoisotopic (exact) mass is 479 g/mol. The van der Waals surface area contributed by atoms with Crippen LogP contribution in [0.1, 0.15) is 54.1 Å². The molecule has 0 fully saturated rings. The van der Waals surface area contributed by atoms with Crippen LogP contribution in [0, 0.1) is 11.8 Å². The highest BCUT2D eigenvalue weighted by molar-refractivity contribution is 6.07. The number of rotatable bonds is 7. The van der Waals surface area contributed by atoms with E-state index in [1.165, 1.54) is 11.9 Å². The van der Waals surface area contributed by atoms with Crippen molar-refractivity contribution in [1.82, 2.24) is 20.0 Å². The molecule has 3 amide bonds. The van der Waals surface area contributed by atoms with Gasteiger partial charge in [0.15, 0.2) is 5.69 Å². The smallest absolute Gasteiger partial charge is 0.269 e. The van der Waals surface area contributed by atoms with Gasteiger partial charge in [0, 0.05) is 43.6 Å². The van der Waals surface area contributed by atoms with E-state index < -0.39 is 12.0 Å². The van der Waals surface area contributed by atoms with Crippen molar-refractivity contribution in [2.24, 2.45) is 5.73 Å². The number of hydrogen-bond acceptors (Lipinski definition) is 5. The highest BCUT2D eigenvalue weighted by atomic mass is 16.3. The van der Waals surface area contributed by atoms with Crippen molar-refractivity contribution in [3.05, 3.63) is 59.3 Å². The Labute approximate surface area is 205 Å². The first-order valence-electron chi connectivity index (χ1n) is 10.8. The number of nitrogens with two attached hydrogens (primary N) is 1. The molecule has 1 aromatic heterocycles. The number of aromatic nitrogens is 2. The number of fused-ring (bicyclic) bond motifs is 1. The Hall–Kier alpha value is -4.16. The maximum atomic E-state index is 12.0. The zero-order valence-electron chi connectivity index (χ0n) is 19.7. The largest absolute Gasteiger partial charge is 0.380 e. The number of nitrogens with one attached hydrogen (secondary N) is 1. The fourth-order valence-electron chi connectivity index (χ4n) is 3.12. The lowest BCUT2D eigenvalue weighted by atomic mass is 10.1. The number of aliphatic hydroxyl groups is 1. The van der Waals surface area contributed by atoms with Gasteiger partial charge in [0.2, 0.25) is 6.41 Å². The van der Waals surface area contributed by atoms with Crippen LogP contribution in [0.3, 0.4) is 0 Å². The minimum atomic E-state index is -0.879. The molecule has 35 heavy (non-hydrogen) atoms. The van der Waals surface area contributed by atoms with Crippen LogP contribution in [-0.4, -0.2) is 64.8 Å². The van der Waals surface area contributed by atoms with Crippen LogP contribution in [0.15, 0.2) is 42.5 Å². The molecular weight excluding hydrogens is 446 g/mol. The van der Waals surface area contributed by atoms with E-state index >= 15 is 0 Å². The maximum Gasteiger partial charge on any atom is 0.269 e. The summed E-state index contributed by atoms with van der Waals surface area (Å²) < 4.78 is 1.56. The summed E-state index contributed by atoms with van der Waals surface area (Å²) in [6, 6.07) is 12.0. The predicted molar refractivity (Wildman–Crippen MR) is 137 cm³/mol. The summed E-state index contributed by atoms with van der Waals surface area (Å²) in [4.78, 5) is 36.0. The van der Waals surface area contributed by atoms with Crippen LogP contribution in [0.25, 0.3) is 16.6 Å². The van der Waals surface area contributed by atoms with Gasteiger partial charge < -0.3 is 21.1 Å². The molecule has 9 heteroatoms. The summed E-state index contributed by atoms with van der Waals surface area (Å²) in [7, 11) is 3.15. The van der Waals surface area contributed by atoms with Crippen LogP contribution in [0.2, 0.25) is 0 Å². The molecule has 0 aliphatic rings. The molecule has 0 aliphatic carbocycles. The van der Waals surface area contributed by atoms with E-state index in [1.807, 2.05) is 13.8 Å². The first-order valence-corrected chi connectivity index (χ1v) is 10.8. The molecule has 9 nitrogen and oxygen atoms in total. The maximum absolute atomic E-state index is 12.0. The van der Waals surface area contributed by atoms with Gasteiger partial charge in [-0.15, -0.1) is 0 Å². The second-order valence-electron chi connectivity index (χ2n) is 7.15. The topological polar surface area (TPSA) is 131 Å². The number of amides is 3. The molecule has 0 radical (unpaired) electrons. The van der Waals surface area contributed by atoms with Crippen LogP contribution >= 0.6 is 0 Å². The third-order valence-corrected chi connectivity index (χ3v) is 4.81. The zero-order valence-corrected chi connectivity index (χ0v) is 19.7. The molecule has 186 valence electrons. The normalized spacial score (nSPS) is 10.5. The lowest BCUT2D eigenvalue weighted by Crippen LogP contribution is -2.21. The van der Waals surface area contributed by atoms with E-state index in [2.05, 4.69) is 22.3 Å². The Kier molecular flexibility index (Phi) is 11.2. The van der Waals surface area contributed by atoms with Crippen molar-refractivity contribution in [1.29, 1.82) is 0 Å². The molecule has 0 aliphatic heterocycles. The molecule has 3 rings (SSSR count). The van der Waals surface area contributed by atoms with Crippen LogP contribution in [0.4, 0.5) is 0 Å². The highest BCUT2D eigenvalue weighted by Gasteiger charge is 2.18. The average Bonchev–Trinajstić information content (AvgIpc) is 3.26. The lowest BCUT2D eigenvalue weighted by Gasteiger charge is -2.10. The van der Waals surface area contributed by atoms with Crippen molar-refractivity contribution in [2.75, 3.05) is 20.6 Å². The number of hydrogen-bond donors (Lipinski definition) is 3. The van der Waals surface area contributed by atoms with Crippen LogP contribution in [0.5, 0.6) is 0 Å². The Morgan fingerprint density at radius 2 is 1.97 bits per heavy atom. The lowest BCUT2D eigenvalue weighted by molar-refractivity contribution is -0.117. The molecule has 0 spiro atoms. The SMILES string of the molecule is C.CC.CNC(=O)c1ccc2c(c1)c(C(N)=O)nn2-c1cccc(C#CC(O)CCN(C)C=O)c1. The molecule has 1 heterocycles. The standard InChI is InChI=1S/C23H23N5O4.C2H6.CH4/c1-25-23(32)16-7-9-20-19(13-16)21(22(24)31)26-28(20)17-5-3-4-15(12-17)6-8-18(30)10-11-27(2)14-29;1-2;/h3-5,7,9,12-14,18,30H,10-11H2,1-2H3,(H2,24,31)(H,25,32);1-2H3;1H4. The third kappa shape index (κ3) is 7.16. The van der Waals surface area contributed by atoms with Crippen LogP contribution in [-0.2, 0) is 4.79 Å². The van der Waals surface area contributed by atoms with E-state index in [1.54, 1.807) is 54.2 Å². The van der Waals surface area contributed by atoms with E-state index in [0.717, 1.165) is 0 Å². The van der Waals surface area contributed by atoms with Crippen molar-refractivity contribution in [3.8, 4) is 17.5 Å². The third-order valence-electron chi connectivity index (χ3n) is 4.81. The number of nitrogens with zero attached hydrogens (tertiary/aromatic N) is 3. The highest BCUT2D eigenvalue weighted by Crippen LogP contribution is 2.24. The fraction of sp³-hybridized carbons (Fsp3) is 0.308. The number of primary amides is 1. The van der Waals surface area contributed by atoms with Crippen molar-refractivity contribution < 1.29 is 19.5 Å². The Morgan fingerprint density at radius 1 is 1.26 bits per heavy atom. The molecule has 1 unspecified atom stereocenters. The molecule has 1 atom stereocenters. The summed E-state index contributed by atoms with van der Waals surface area (Å²) in [6.07, 6.45) is 0.147. The Bertz CT molecular complexity index is 1240. The Morgan fingerprint density at radius 3 is 2.60 bits per heavy atom. The molecule has 4 N–H and O–H groups in total. The molecule has 3 aromatic rings. The van der Waals surface area contributed by atoms with Gasteiger partial charge in [-0.3, -0.25) is 14.4 Å². The number of aliphatic hydroxyl groups excluding tert-OH is 1. The van der Waals surface area contributed by atoms with E-state index in [0.29, 0.717) is 47.1 Å². The summed E-state index contributed by atoms with van der Waals surface area (Å²) in [6.45, 7) is 4.40. The summed E-state index contributed by atoms with van der Waals surface area (Å²) in [5.41, 5.74) is 7.82. The summed E-state index contributed by atoms with van der Waals surface area (Å²) in [5, 5.41) is 17.4. The minimum Gasteiger partial charge on any atom is -0.380 e. The number of carbonyl (C=O) groups is 3. The number of benzene rings is 2. The first-order chi connectivity index (χ1) is 16.3. The molecule has 0 saturated heterocycles. The van der Waals surface area contributed by atoms with E-state index in [-0.39, 0.29) is 19.0 Å². The molecule has 0 saturated carbocycles. The van der Waals surface area contributed by atoms with Gasteiger partial charge in [0.1, 0.15) is 6.10 Å². The van der Waals surface area contributed by atoms with Gasteiger partial charge in [-0.2, -0.15) is 5.10 Å². The average molecular weight is 480 g/mol. The van der Waals surface area contributed by atoms with E-state index in [9.17, 15) is 19.5 Å². The van der Waals surface area contributed by atoms with Gasteiger partial charge in [-0.05, 0) is 36.4 Å². The molecule has 0 bridgehead atoms. The van der Waals surface area contributed by atoms with Gasteiger partial charge >= 0.3 is 0 Å². The predicted octanol–water partition coefficient (Wildman–Crippen LogP) is 2.34. The van der Waals surface area contributed by atoms with Crippen molar-refractivity contribution in [3.63, 3.8) is 0 Å². The van der Waals surface area contributed by atoms with Crippen LogP contribution < -0.4 is 11.1 Å². The molecular formula is C26H33N5O4. The second kappa shape index (κ2) is 13.5. The molecule has 2 aromatic carbocycles. The second-order valence-corrected chi connectivity index (χ2v) is 7.15. The Balaban J connectivity index is 0.00000199. The van der Waals surface area contributed by atoms with Gasteiger partial charge in [-0.25, -0.2) is 4.68 Å². The van der Waals surface area contributed by atoms with Gasteiger partial charge in [0.25, 0.3) is 11.8 Å². The summed E-state index contributed by atoms with van der Waals surface area (Å²) >= 11 is 0. The van der Waals surface area contributed by atoms with Crippen molar-refractivity contribution >= 4 is 29.1 Å². The quantitative estimate of drug-likeness (QED) is 0.354. The van der Waals surface area contributed by atoms with Gasteiger partial charge in [0.05, 0.1) is 11.2 Å². The van der Waals surface area contributed by atoms with Gasteiger partial charge in [-0.1, -0.05) is 39.2 Å². The minimum absolute atomic E-state index is 0. The van der Waals surface area contributed by atoms with E-state index in [4.69, 9.17) is 5.73 Å². The fourth-order valence-corrected chi connectivity index (χ4v) is 3.12.